The van der Waals surface area contributed by atoms with E-state index < -0.39 is 17.8 Å². The fourth-order valence-electron chi connectivity index (χ4n) is 6.08. The van der Waals surface area contributed by atoms with E-state index in [1.54, 1.807) is 7.11 Å². The van der Waals surface area contributed by atoms with Gasteiger partial charge in [0.05, 0.1) is 7.11 Å². The largest absolute Gasteiger partial charge is 0.497 e. The molecule has 1 aromatic rings. The maximum atomic E-state index is 14.1. The average Bonchev–Trinajstić information content (AvgIpc) is 3.00. The molecule has 0 heterocycles. The molecule has 1 aromatic carbocycles. The lowest BCUT2D eigenvalue weighted by Gasteiger charge is -2.51. The van der Waals surface area contributed by atoms with Crippen LogP contribution in [0.4, 0.5) is 8.78 Å². The third-order valence-corrected chi connectivity index (χ3v) is 7.16. The van der Waals surface area contributed by atoms with Crippen LogP contribution in [0.25, 0.3) is 0 Å². The Morgan fingerprint density at radius 1 is 1.25 bits per heavy atom. The molecule has 2 nitrogen and oxygen atoms in total. The van der Waals surface area contributed by atoms with Gasteiger partial charge in [-0.05, 0) is 79.5 Å². The molecule has 0 aromatic heterocycles. The Balaban J connectivity index is 1.70. The van der Waals surface area contributed by atoms with Crippen LogP contribution in [0.1, 0.15) is 49.1 Å². The maximum Gasteiger partial charge on any atom is 0.245 e. The second-order valence-corrected chi connectivity index (χ2v) is 7.75. The van der Waals surface area contributed by atoms with Crippen LogP contribution in [0.3, 0.4) is 0 Å². The van der Waals surface area contributed by atoms with Crippen molar-refractivity contribution in [3.63, 3.8) is 0 Å². The number of benzene rings is 1. The van der Waals surface area contributed by atoms with Crippen LogP contribution in [0.5, 0.6) is 5.75 Å². The van der Waals surface area contributed by atoms with Crippen LogP contribution in [0, 0.1) is 23.2 Å². The zero-order valence-corrected chi connectivity index (χ0v) is 14.0. The van der Waals surface area contributed by atoms with E-state index >= 15 is 0 Å². The number of carbonyl (C=O) groups excluding carboxylic acids is 1. The molecule has 4 heteroatoms. The summed E-state index contributed by atoms with van der Waals surface area (Å²) in [6.07, 6.45) is 2.97. The number of methoxy groups -OCH3 is 1. The lowest BCUT2D eigenvalue weighted by Crippen LogP contribution is -2.48. The molecule has 4 rings (SSSR count). The van der Waals surface area contributed by atoms with Gasteiger partial charge in [-0.15, -0.1) is 0 Å². The van der Waals surface area contributed by atoms with Crippen molar-refractivity contribution in [3.05, 3.63) is 29.3 Å². The first-order valence-corrected chi connectivity index (χ1v) is 9.02. The maximum absolute atomic E-state index is 14.1. The van der Waals surface area contributed by atoms with Crippen LogP contribution >= 0.6 is 0 Å². The van der Waals surface area contributed by atoms with Crippen molar-refractivity contribution in [3.8, 4) is 5.75 Å². The monoisotopic (exact) mass is 334 g/mol. The van der Waals surface area contributed by atoms with Crippen molar-refractivity contribution in [2.75, 3.05) is 7.11 Å². The highest BCUT2D eigenvalue weighted by molar-refractivity contribution is 5.57. The minimum Gasteiger partial charge on any atom is -0.497 e. The molecule has 0 aliphatic heterocycles. The standard InChI is InChI=1S/C20H24F2O2/c1-24-14-4-6-15-12(10-14)2-5-17-16(15)8-9-20(19(21)22)13(11-23)3-7-18(17)20/h4,6,10-11,13,16-19H,2-3,5,7-9H2,1H3/t13-,16-,17-,18+,20+/m1/s1. The first-order chi connectivity index (χ1) is 11.6. The Morgan fingerprint density at radius 3 is 2.79 bits per heavy atom. The van der Waals surface area contributed by atoms with Crippen LogP contribution < -0.4 is 4.74 Å². The molecule has 130 valence electrons. The Kier molecular flexibility index (Phi) is 3.89. The second-order valence-electron chi connectivity index (χ2n) is 7.75. The normalized spacial score (nSPS) is 37.5. The van der Waals surface area contributed by atoms with Crippen LogP contribution in [-0.4, -0.2) is 19.8 Å². The highest BCUT2D eigenvalue weighted by Crippen LogP contribution is 2.64. The summed E-state index contributed by atoms with van der Waals surface area (Å²) >= 11 is 0. The van der Waals surface area contributed by atoms with Gasteiger partial charge < -0.3 is 9.53 Å². The summed E-state index contributed by atoms with van der Waals surface area (Å²) in [5.41, 5.74) is 1.57. The topological polar surface area (TPSA) is 26.3 Å². The van der Waals surface area contributed by atoms with Crippen molar-refractivity contribution in [2.45, 2.75) is 50.9 Å². The van der Waals surface area contributed by atoms with Gasteiger partial charge in [-0.3, -0.25) is 0 Å². The molecule has 0 radical (unpaired) electrons. The van der Waals surface area contributed by atoms with E-state index in [1.165, 1.54) is 11.1 Å². The van der Waals surface area contributed by atoms with E-state index in [4.69, 9.17) is 4.74 Å². The van der Waals surface area contributed by atoms with E-state index in [2.05, 4.69) is 12.1 Å². The van der Waals surface area contributed by atoms with Crippen LogP contribution in [-0.2, 0) is 11.2 Å². The number of aryl methyl sites for hydroxylation is 1. The summed E-state index contributed by atoms with van der Waals surface area (Å²) in [7, 11) is 1.67. The highest BCUT2D eigenvalue weighted by atomic mass is 19.3. The summed E-state index contributed by atoms with van der Waals surface area (Å²) in [6, 6.07) is 6.22. The Morgan fingerprint density at radius 2 is 2.08 bits per heavy atom. The number of halogens is 2. The third kappa shape index (κ3) is 2.07. The molecule has 0 saturated heterocycles. The SMILES string of the molecule is COc1ccc2c(c1)CC[C@@H]1[C@@H]2CC[C@]2(C(F)F)[C@@H](C=O)CC[C@@H]12. The zero-order valence-electron chi connectivity index (χ0n) is 14.0. The van der Waals surface area contributed by atoms with E-state index in [9.17, 15) is 13.6 Å². The lowest BCUT2D eigenvalue weighted by atomic mass is 9.53. The van der Waals surface area contributed by atoms with E-state index in [-0.39, 0.29) is 5.92 Å². The Bertz CT molecular complexity index is 645. The summed E-state index contributed by atoms with van der Waals surface area (Å²) in [4.78, 5) is 11.5. The summed E-state index contributed by atoms with van der Waals surface area (Å²) in [5, 5.41) is 0. The Hall–Kier alpha value is -1.45. The second kappa shape index (κ2) is 5.82. The zero-order chi connectivity index (χ0) is 16.9. The molecular weight excluding hydrogens is 310 g/mol. The van der Waals surface area contributed by atoms with Gasteiger partial charge in [-0.1, -0.05) is 6.07 Å². The lowest BCUT2D eigenvalue weighted by molar-refractivity contribution is -0.133. The molecule has 3 aliphatic carbocycles. The number of carbonyl (C=O) groups is 1. The number of aldehydes is 1. The Labute approximate surface area is 141 Å². The smallest absolute Gasteiger partial charge is 0.245 e. The van der Waals surface area contributed by atoms with Gasteiger partial charge in [0.25, 0.3) is 0 Å². The van der Waals surface area contributed by atoms with Gasteiger partial charge in [0.15, 0.2) is 0 Å². The van der Waals surface area contributed by atoms with E-state index in [0.29, 0.717) is 24.7 Å². The highest BCUT2D eigenvalue weighted by Gasteiger charge is 2.61. The molecule has 0 unspecified atom stereocenters. The van der Waals surface area contributed by atoms with Crippen molar-refractivity contribution in [1.29, 1.82) is 0 Å². The first kappa shape index (κ1) is 16.0. The number of alkyl halides is 2. The average molecular weight is 334 g/mol. The van der Waals surface area contributed by atoms with Gasteiger partial charge in [-0.2, -0.15) is 0 Å². The number of fused-ring (bicyclic) bond motifs is 5. The number of hydrogen-bond donors (Lipinski definition) is 0. The molecule has 2 fully saturated rings. The number of hydrogen-bond acceptors (Lipinski definition) is 2. The predicted octanol–water partition coefficient (Wildman–Crippen LogP) is 4.61. The molecule has 3 aliphatic rings. The first-order valence-electron chi connectivity index (χ1n) is 9.02. The molecule has 5 atom stereocenters. The molecule has 2 saturated carbocycles. The molecule has 0 spiro atoms. The fraction of sp³-hybridized carbons (Fsp3) is 0.650. The molecule has 0 amide bonds. The van der Waals surface area contributed by atoms with E-state index in [1.807, 2.05) is 6.07 Å². The van der Waals surface area contributed by atoms with E-state index in [0.717, 1.165) is 37.7 Å². The van der Waals surface area contributed by atoms with Gasteiger partial charge in [0, 0.05) is 11.3 Å². The number of rotatable bonds is 3. The van der Waals surface area contributed by atoms with Crippen molar-refractivity contribution >= 4 is 6.29 Å². The van der Waals surface area contributed by atoms with Crippen molar-refractivity contribution in [2.24, 2.45) is 23.2 Å². The minimum atomic E-state index is -2.39. The van der Waals surface area contributed by atoms with Crippen molar-refractivity contribution < 1.29 is 18.3 Å². The third-order valence-electron chi connectivity index (χ3n) is 7.16. The summed E-state index contributed by atoms with van der Waals surface area (Å²) in [5.74, 6) is 1.05. The quantitative estimate of drug-likeness (QED) is 0.755. The van der Waals surface area contributed by atoms with Crippen molar-refractivity contribution in [1.82, 2.24) is 0 Å². The minimum absolute atomic E-state index is 0.0123. The molecule has 0 bridgehead atoms. The van der Waals surface area contributed by atoms with Gasteiger partial charge >= 0.3 is 0 Å². The van der Waals surface area contributed by atoms with Gasteiger partial charge in [0.2, 0.25) is 6.43 Å². The summed E-state index contributed by atoms with van der Waals surface area (Å²) < 4.78 is 33.5. The van der Waals surface area contributed by atoms with Crippen LogP contribution in [0.2, 0.25) is 0 Å². The molecule has 24 heavy (non-hydrogen) atoms. The number of ether oxygens (including phenoxy) is 1. The van der Waals surface area contributed by atoms with Gasteiger partial charge in [-0.25, -0.2) is 8.78 Å². The fourth-order valence-corrected chi connectivity index (χ4v) is 6.08. The predicted molar refractivity (Wildman–Crippen MR) is 87.5 cm³/mol. The molecule has 0 N–H and O–H groups in total. The molecular formula is C20H24F2O2. The van der Waals surface area contributed by atoms with Crippen LogP contribution in [0.15, 0.2) is 18.2 Å². The van der Waals surface area contributed by atoms with Gasteiger partial charge in [0.1, 0.15) is 12.0 Å². The summed E-state index contributed by atoms with van der Waals surface area (Å²) in [6.45, 7) is 0.